The number of hydrogen-bond donors (Lipinski definition) is 0. The Bertz CT molecular complexity index is 146. The standard InChI is InChI=1S/C10H22O2Si/c1-8-6-5-7-10(9(8)2)13(11-3)12-4/h8-10,13H,5-7H2,1-4H3. The van der Waals surface area contributed by atoms with Gasteiger partial charge in [-0.2, -0.15) is 0 Å². The zero-order valence-electron chi connectivity index (χ0n) is 9.25. The second kappa shape index (κ2) is 5.13. The fraction of sp³-hybridized carbons (Fsp3) is 1.00. The average Bonchev–Trinajstić information content (AvgIpc) is 2.14. The van der Waals surface area contributed by atoms with Gasteiger partial charge in [0.15, 0.2) is 0 Å². The van der Waals surface area contributed by atoms with Gasteiger partial charge in [0.05, 0.1) is 0 Å². The first-order valence-electron chi connectivity index (χ1n) is 5.26. The quantitative estimate of drug-likeness (QED) is 0.654. The molecule has 0 heterocycles. The molecule has 2 nitrogen and oxygen atoms in total. The van der Waals surface area contributed by atoms with Crippen LogP contribution in [-0.2, 0) is 8.85 Å². The van der Waals surface area contributed by atoms with Gasteiger partial charge in [0.2, 0.25) is 0 Å². The maximum absolute atomic E-state index is 5.47. The van der Waals surface area contributed by atoms with Crippen LogP contribution in [0.15, 0.2) is 0 Å². The molecule has 0 N–H and O–H groups in total. The highest BCUT2D eigenvalue weighted by Crippen LogP contribution is 2.40. The van der Waals surface area contributed by atoms with Crippen molar-refractivity contribution < 1.29 is 8.85 Å². The van der Waals surface area contributed by atoms with Crippen LogP contribution in [0.25, 0.3) is 0 Å². The van der Waals surface area contributed by atoms with E-state index in [-0.39, 0.29) is 0 Å². The van der Waals surface area contributed by atoms with Crippen molar-refractivity contribution in [1.29, 1.82) is 0 Å². The van der Waals surface area contributed by atoms with E-state index in [0.717, 1.165) is 17.4 Å². The molecule has 3 unspecified atom stereocenters. The third-order valence-corrected chi connectivity index (χ3v) is 6.15. The molecule has 13 heavy (non-hydrogen) atoms. The van der Waals surface area contributed by atoms with Gasteiger partial charge in [0, 0.05) is 19.8 Å². The van der Waals surface area contributed by atoms with Gasteiger partial charge in [0.25, 0.3) is 0 Å². The second-order valence-corrected chi connectivity index (χ2v) is 6.81. The van der Waals surface area contributed by atoms with E-state index in [1.165, 1.54) is 19.3 Å². The first-order valence-corrected chi connectivity index (χ1v) is 6.87. The largest absolute Gasteiger partial charge is 0.400 e. The van der Waals surface area contributed by atoms with Crippen LogP contribution in [0.4, 0.5) is 0 Å². The highest BCUT2D eigenvalue weighted by atomic mass is 28.3. The molecule has 1 aliphatic carbocycles. The van der Waals surface area contributed by atoms with Crippen LogP contribution in [0.2, 0.25) is 5.54 Å². The van der Waals surface area contributed by atoms with Crippen molar-refractivity contribution in [2.24, 2.45) is 11.8 Å². The zero-order valence-corrected chi connectivity index (χ0v) is 10.4. The van der Waals surface area contributed by atoms with Crippen LogP contribution < -0.4 is 0 Å². The molecule has 0 aromatic carbocycles. The molecule has 0 aromatic heterocycles. The highest BCUT2D eigenvalue weighted by Gasteiger charge is 2.35. The summed E-state index contributed by atoms with van der Waals surface area (Å²) in [4.78, 5) is 0. The Kier molecular flexibility index (Phi) is 4.42. The van der Waals surface area contributed by atoms with Gasteiger partial charge < -0.3 is 8.85 Å². The third-order valence-electron chi connectivity index (χ3n) is 3.58. The lowest BCUT2D eigenvalue weighted by molar-refractivity contribution is 0.202. The third kappa shape index (κ3) is 2.54. The first kappa shape index (κ1) is 11.2. The van der Waals surface area contributed by atoms with Crippen molar-refractivity contribution in [1.82, 2.24) is 0 Å². The molecule has 3 heteroatoms. The summed E-state index contributed by atoms with van der Waals surface area (Å²) in [5, 5.41) is 0. The van der Waals surface area contributed by atoms with E-state index < -0.39 is 9.28 Å². The van der Waals surface area contributed by atoms with Gasteiger partial charge in [-0.15, -0.1) is 0 Å². The van der Waals surface area contributed by atoms with E-state index in [2.05, 4.69) is 13.8 Å². The van der Waals surface area contributed by atoms with Gasteiger partial charge >= 0.3 is 9.28 Å². The van der Waals surface area contributed by atoms with E-state index in [0.29, 0.717) is 0 Å². The van der Waals surface area contributed by atoms with Crippen LogP contribution in [-0.4, -0.2) is 23.5 Å². The zero-order chi connectivity index (χ0) is 9.84. The Morgan fingerprint density at radius 1 is 1.08 bits per heavy atom. The lowest BCUT2D eigenvalue weighted by atomic mass is 9.81. The Balaban J connectivity index is 2.55. The van der Waals surface area contributed by atoms with Crippen LogP contribution in [0.1, 0.15) is 33.1 Å². The predicted octanol–water partition coefficient (Wildman–Crippen LogP) is 2.33. The molecular formula is C10H22O2Si. The molecule has 1 fully saturated rings. The second-order valence-electron chi connectivity index (χ2n) is 4.27. The lowest BCUT2D eigenvalue weighted by Gasteiger charge is -2.36. The highest BCUT2D eigenvalue weighted by molar-refractivity contribution is 6.46. The van der Waals surface area contributed by atoms with E-state index in [9.17, 15) is 0 Å². The molecule has 1 aliphatic rings. The Hall–Kier alpha value is 0.137. The molecule has 0 spiro atoms. The lowest BCUT2D eigenvalue weighted by Crippen LogP contribution is -2.35. The molecule has 0 saturated heterocycles. The first-order chi connectivity index (χ1) is 6.20. The summed E-state index contributed by atoms with van der Waals surface area (Å²) in [7, 11) is 2.23. The van der Waals surface area contributed by atoms with Gasteiger partial charge in [0.1, 0.15) is 0 Å². The summed E-state index contributed by atoms with van der Waals surface area (Å²) in [6.45, 7) is 4.71. The number of hydrogen-bond acceptors (Lipinski definition) is 2. The molecule has 1 saturated carbocycles. The SMILES string of the molecule is CO[SiH](OC)C1CCCC(C)C1C. The molecule has 0 aliphatic heterocycles. The molecular weight excluding hydrogens is 180 g/mol. The van der Waals surface area contributed by atoms with E-state index >= 15 is 0 Å². The van der Waals surface area contributed by atoms with Crippen LogP contribution in [0.3, 0.4) is 0 Å². The van der Waals surface area contributed by atoms with Crippen molar-refractivity contribution in [2.45, 2.75) is 38.7 Å². The fourth-order valence-corrected chi connectivity index (χ4v) is 4.73. The topological polar surface area (TPSA) is 18.5 Å². The molecule has 3 atom stereocenters. The Morgan fingerprint density at radius 2 is 1.69 bits per heavy atom. The maximum atomic E-state index is 5.47. The van der Waals surface area contributed by atoms with Gasteiger partial charge in [-0.05, 0) is 18.3 Å². The minimum Gasteiger partial charge on any atom is -0.400 e. The van der Waals surface area contributed by atoms with Crippen molar-refractivity contribution >= 4 is 9.28 Å². The smallest absolute Gasteiger partial charge is 0.324 e. The summed E-state index contributed by atoms with van der Waals surface area (Å²) in [6.07, 6.45) is 4.04. The maximum Gasteiger partial charge on any atom is 0.324 e. The van der Waals surface area contributed by atoms with Crippen LogP contribution in [0.5, 0.6) is 0 Å². The van der Waals surface area contributed by atoms with E-state index in [1.54, 1.807) is 14.2 Å². The predicted molar refractivity (Wildman–Crippen MR) is 57.1 cm³/mol. The van der Waals surface area contributed by atoms with Crippen molar-refractivity contribution in [3.8, 4) is 0 Å². The summed E-state index contributed by atoms with van der Waals surface area (Å²) in [5.74, 6) is 1.63. The van der Waals surface area contributed by atoms with Crippen molar-refractivity contribution in [3.05, 3.63) is 0 Å². The normalized spacial score (nSPS) is 35.3. The monoisotopic (exact) mass is 202 g/mol. The minimum absolute atomic E-state index is 0.721. The molecule has 0 radical (unpaired) electrons. The van der Waals surface area contributed by atoms with Crippen molar-refractivity contribution in [3.63, 3.8) is 0 Å². The average molecular weight is 202 g/mol. The minimum atomic E-state index is -1.37. The Labute approximate surface area is 83.5 Å². The molecule has 0 aromatic rings. The van der Waals surface area contributed by atoms with Crippen molar-refractivity contribution in [2.75, 3.05) is 14.2 Å². The van der Waals surface area contributed by atoms with Gasteiger partial charge in [-0.3, -0.25) is 0 Å². The van der Waals surface area contributed by atoms with Crippen LogP contribution >= 0.6 is 0 Å². The number of rotatable bonds is 3. The summed E-state index contributed by atoms with van der Waals surface area (Å²) < 4.78 is 10.9. The van der Waals surface area contributed by atoms with E-state index in [4.69, 9.17) is 8.85 Å². The fourth-order valence-electron chi connectivity index (χ4n) is 2.45. The summed E-state index contributed by atoms with van der Waals surface area (Å²) in [6, 6.07) is 0. The summed E-state index contributed by atoms with van der Waals surface area (Å²) in [5.41, 5.74) is 0.721. The van der Waals surface area contributed by atoms with Crippen LogP contribution in [0, 0.1) is 11.8 Å². The summed E-state index contributed by atoms with van der Waals surface area (Å²) >= 11 is 0. The van der Waals surface area contributed by atoms with E-state index in [1.807, 2.05) is 0 Å². The van der Waals surface area contributed by atoms with Gasteiger partial charge in [-0.25, -0.2) is 0 Å². The molecule has 1 rings (SSSR count). The molecule has 78 valence electrons. The molecule has 0 amide bonds. The van der Waals surface area contributed by atoms with Gasteiger partial charge in [-0.1, -0.05) is 26.7 Å². The Morgan fingerprint density at radius 3 is 2.23 bits per heavy atom. The molecule has 0 bridgehead atoms.